The van der Waals surface area contributed by atoms with Gasteiger partial charge in [0.05, 0.1) is 13.2 Å². The van der Waals surface area contributed by atoms with Gasteiger partial charge in [-0.25, -0.2) is 4.39 Å². The molecule has 4 heteroatoms. The lowest BCUT2D eigenvalue weighted by Crippen LogP contribution is -2.12. The lowest BCUT2D eigenvalue weighted by atomic mass is 10.0. The Morgan fingerprint density at radius 3 is 2.75 bits per heavy atom. The Kier molecular flexibility index (Phi) is 3.22. The predicted molar refractivity (Wildman–Crippen MR) is 63.3 cm³/mol. The van der Waals surface area contributed by atoms with Gasteiger partial charge in [0.15, 0.2) is 0 Å². The summed E-state index contributed by atoms with van der Waals surface area (Å²) in [4.78, 5) is 0. The number of hydrogen-bond donors (Lipinski definition) is 1. The minimum absolute atomic E-state index is 0.335. The number of nitrogens with two attached hydrogens (primary N) is 1. The molecule has 0 saturated carbocycles. The van der Waals surface area contributed by atoms with Crippen LogP contribution in [0.5, 0.6) is 5.75 Å². The molecule has 2 nitrogen and oxygen atoms in total. The number of benzene rings is 1. The molecular weight excluding hydrogens is 225 g/mol. The highest BCUT2D eigenvalue weighted by Crippen LogP contribution is 2.26. The monoisotopic (exact) mass is 237 g/mol. The van der Waals surface area contributed by atoms with Crippen LogP contribution in [0.25, 0.3) is 0 Å². The molecule has 1 atom stereocenters. The maximum Gasteiger partial charge on any atom is 0.132 e. The average molecular weight is 237 g/mol. The van der Waals surface area contributed by atoms with Crippen LogP contribution < -0.4 is 10.5 Å². The SMILES string of the molecule is COc1ccc([C@@H](N)c2ccsc2)c(F)c1. The quantitative estimate of drug-likeness (QED) is 0.890. The van der Waals surface area contributed by atoms with E-state index in [0.29, 0.717) is 11.3 Å². The molecule has 2 aromatic rings. The highest BCUT2D eigenvalue weighted by molar-refractivity contribution is 7.08. The number of rotatable bonds is 3. The zero-order valence-corrected chi connectivity index (χ0v) is 9.63. The number of thiophene rings is 1. The van der Waals surface area contributed by atoms with E-state index >= 15 is 0 Å². The van der Waals surface area contributed by atoms with Gasteiger partial charge in [-0.2, -0.15) is 11.3 Å². The normalized spacial score (nSPS) is 12.4. The second-order valence-corrected chi connectivity index (χ2v) is 4.20. The van der Waals surface area contributed by atoms with Crippen LogP contribution in [0.3, 0.4) is 0 Å². The first-order valence-corrected chi connectivity index (χ1v) is 5.77. The van der Waals surface area contributed by atoms with E-state index in [2.05, 4.69) is 0 Å². The summed E-state index contributed by atoms with van der Waals surface area (Å²) in [6.07, 6.45) is 0. The summed E-state index contributed by atoms with van der Waals surface area (Å²) in [5.74, 6) is 0.164. The third kappa shape index (κ3) is 2.08. The lowest BCUT2D eigenvalue weighted by molar-refractivity contribution is 0.410. The van der Waals surface area contributed by atoms with Crippen molar-refractivity contribution < 1.29 is 9.13 Å². The first-order chi connectivity index (χ1) is 7.72. The van der Waals surface area contributed by atoms with E-state index in [1.165, 1.54) is 13.2 Å². The van der Waals surface area contributed by atoms with Crippen molar-refractivity contribution >= 4 is 11.3 Å². The molecule has 0 aliphatic heterocycles. The Labute approximate surface area is 97.5 Å². The van der Waals surface area contributed by atoms with Gasteiger partial charge in [-0.15, -0.1) is 0 Å². The smallest absolute Gasteiger partial charge is 0.132 e. The van der Waals surface area contributed by atoms with E-state index in [0.717, 1.165) is 5.56 Å². The summed E-state index contributed by atoms with van der Waals surface area (Å²) in [6.45, 7) is 0. The number of hydrogen-bond acceptors (Lipinski definition) is 3. The van der Waals surface area contributed by atoms with Crippen molar-refractivity contribution in [3.63, 3.8) is 0 Å². The Morgan fingerprint density at radius 2 is 2.19 bits per heavy atom. The van der Waals surface area contributed by atoms with Gasteiger partial charge < -0.3 is 10.5 Å². The average Bonchev–Trinajstić information content (AvgIpc) is 2.81. The molecule has 2 rings (SSSR count). The number of ether oxygens (including phenoxy) is 1. The van der Waals surface area contributed by atoms with Crippen LogP contribution in [0.1, 0.15) is 17.2 Å². The van der Waals surface area contributed by atoms with Crippen LogP contribution in [-0.4, -0.2) is 7.11 Å². The van der Waals surface area contributed by atoms with Crippen LogP contribution >= 0.6 is 11.3 Å². The maximum atomic E-state index is 13.7. The second-order valence-electron chi connectivity index (χ2n) is 3.42. The maximum absolute atomic E-state index is 13.7. The first kappa shape index (κ1) is 11.1. The van der Waals surface area contributed by atoms with Crippen molar-refractivity contribution in [2.45, 2.75) is 6.04 Å². The van der Waals surface area contributed by atoms with E-state index < -0.39 is 6.04 Å². The van der Waals surface area contributed by atoms with Crippen LogP contribution in [0.15, 0.2) is 35.0 Å². The van der Waals surface area contributed by atoms with Crippen LogP contribution in [-0.2, 0) is 0 Å². The summed E-state index contributed by atoms with van der Waals surface area (Å²) < 4.78 is 18.7. The molecule has 1 aromatic heterocycles. The van der Waals surface area contributed by atoms with Gasteiger partial charge in [0.2, 0.25) is 0 Å². The molecule has 0 fully saturated rings. The Morgan fingerprint density at radius 1 is 1.38 bits per heavy atom. The standard InChI is InChI=1S/C12H12FNOS/c1-15-9-2-3-10(11(13)6-9)12(14)8-4-5-16-7-8/h2-7,12H,14H2,1H3/t12-/m0/s1. The van der Waals surface area contributed by atoms with Crippen molar-refractivity contribution in [2.24, 2.45) is 5.73 Å². The summed E-state index contributed by atoms with van der Waals surface area (Å²) in [5.41, 5.74) is 7.39. The highest BCUT2D eigenvalue weighted by atomic mass is 32.1. The van der Waals surface area contributed by atoms with E-state index in [4.69, 9.17) is 10.5 Å². The molecule has 1 aromatic carbocycles. The van der Waals surface area contributed by atoms with Gasteiger partial charge in [-0.3, -0.25) is 0 Å². The predicted octanol–water partition coefficient (Wildman–Crippen LogP) is 2.94. The van der Waals surface area contributed by atoms with Gasteiger partial charge in [-0.1, -0.05) is 6.07 Å². The van der Waals surface area contributed by atoms with E-state index in [1.54, 1.807) is 23.5 Å². The third-order valence-electron chi connectivity index (χ3n) is 2.44. The molecule has 0 saturated heterocycles. The van der Waals surface area contributed by atoms with E-state index in [-0.39, 0.29) is 5.82 Å². The fraction of sp³-hybridized carbons (Fsp3) is 0.167. The fourth-order valence-corrected chi connectivity index (χ4v) is 2.22. The molecule has 1 heterocycles. The lowest BCUT2D eigenvalue weighted by Gasteiger charge is -2.12. The van der Waals surface area contributed by atoms with Gasteiger partial charge >= 0.3 is 0 Å². The molecule has 0 amide bonds. The molecule has 0 bridgehead atoms. The van der Waals surface area contributed by atoms with Gasteiger partial charge in [0, 0.05) is 11.6 Å². The van der Waals surface area contributed by atoms with Crippen LogP contribution in [0, 0.1) is 5.82 Å². The molecule has 84 valence electrons. The van der Waals surface area contributed by atoms with E-state index in [1.807, 2.05) is 16.8 Å². The first-order valence-electron chi connectivity index (χ1n) is 4.83. The highest BCUT2D eigenvalue weighted by Gasteiger charge is 2.14. The summed E-state index contributed by atoms with van der Waals surface area (Å²) in [6, 6.07) is 6.21. The second kappa shape index (κ2) is 4.63. The molecule has 0 aliphatic carbocycles. The molecule has 2 N–H and O–H groups in total. The molecule has 0 aliphatic rings. The zero-order chi connectivity index (χ0) is 11.5. The fourth-order valence-electron chi connectivity index (χ4n) is 1.52. The van der Waals surface area contributed by atoms with Crippen molar-refractivity contribution in [1.29, 1.82) is 0 Å². The molecule has 0 spiro atoms. The Balaban J connectivity index is 2.34. The van der Waals surface area contributed by atoms with E-state index in [9.17, 15) is 4.39 Å². The van der Waals surface area contributed by atoms with Crippen LogP contribution in [0.4, 0.5) is 4.39 Å². The Hall–Kier alpha value is -1.39. The zero-order valence-electron chi connectivity index (χ0n) is 8.81. The summed E-state index contributed by atoms with van der Waals surface area (Å²) in [7, 11) is 1.51. The van der Waals surface area contributed by atoms with Crippen molar-refractivity contribution in [2.75, 3.05) is 7.11 Å². The topological polar surface area (TPSA) is 35.2 Å². The minimum Gasteiger partial charge on any atom is -0.497 e. The molecule has 0 radical (unpaired) electrons. The molecule has 0 unspecified atom stereocenters. The number of methoxy groups -OCH3 is 1. The largest absolute Gasteiger partial charge is 0.497 e. The minimum atomic E-state index is -0.419. The van der Waals surface area contributed by atoms with Crippen molar-refractivity contribution in [1.82, 2.24) is 0 Å². The van der Waals surface area contributed by atoms with Gasteiger partial charge in [0.1, 0.15) is 11.6 Å². The molecule has 16 heavy (non-hydrogen) atoms. The van der Waals surface area contributed by atoms with Crippen LogP contribution in [0.2, 0.25) is 0 Å². The van der Waals surface area contributed by atoms with Gasteiger partial charge in [0.25, 0.3) is 0 Å². The summed E-state index contributed by atoms with van der Waals surface area (Å²) in [5, 5.41) is 3.85. The summed E-state index contributed by atoms with van der Waals surface area (Å²) >= 11 is 1.55. The van der Waals surface area contributed by atoms with Crippen molar-refractivity contribution in [3.8, 4) is 5.75 Å². The van der Waals surface area contributed by atoms with Gasteiger partial charge in [-0.05, 0) is 28.5 Å². The van der Waals surface area contributed by atoms with Crippen molar-refractivity contribution in [3.05, 3.63) is 52.0 Å². The number of halogens is 1. The third-order valence-corrected chi connectivity index (χ3v) is 3.15. The molecular formula is C12H12FNOS. The Bertz CT molecular complexity index is 470.